The molecule has 0 saturated heterocycles. The van der Waals surface area contributed by atoms with Crippen molar-refractivity contribution in [3.8, 4) is 11.5 Å². The number of benzene rings is 1. The summed E-state index contributed by atoms with van der Waals surface area (Å²) >= 11 is 0. The molecule has 0 aliphatic rings. The molecule has 7 nitrogen and oxygen atoms in total. The van der Waals surface area contributed by atoms with Gasteiger partial charge in [0.05, 0.1) is 31.7 Å². The zero-order valence-electron chi connectivity index (χ0n) is 13.4. The van der Waals surface area contributed by atoms with Crippen LogP contribution < -0.4 is 20.1 Å². The van der Waals surface area contributed by atoms with Crippen LogP contribution in [-0.4, -0.2) is 33.1 Å². The van der Waals surface area contributed by atoms with Crippen molar-refractivity contribution in [2.75, 3.05) is 26.6 Å². The molecule has 0 unspecified atom stereocenters. The fraction of sp³-hybridized carbons (Fsp3) is 0.250. The summed E-state index contributed by atoms with van der Waals surface area (Å²) in [4.78, 5) is 24.2. The highest BCUT2D eigenvalue weighted by molar-refractivity contribution is 6.07. The average Bonchev–Trinajstić information content (AvgIpc) is 2.99. The van der Waals surface area contributed by atoms with Crippen LogP contribution >= 0.6 is 0 Å². The topological polar surface area (TPSA) is 89.8 Å². The molecule has 1 aromatic heterocycles. The summed E-state index contributed by atoms with van der Waals surface area (Å²) in [6.07, 6.45) is 1.43. The minimum atomic E-state index is -0.370. The van der Waals surface area contributed by atoms with E-state index < -0.39 is 0 Å². The van der Waals surface area contributed by atoms with Crippen LogP contribution in [0.3, 0.4) is 0 Å². The van der Waals surface area contributed by atoms with Gasteiger partial charge in [-0.3, -0.25) is 9.59 Å². The number of carbonyl (C=O) groups is 2. The number of hydrogen-bond donors (Lipinski definition) is 2. The second-order valence-electron chi connectivity index (χ2n) is 4.68. The summed E-state index contributed by atoms with van der Waals surface area (Å²) in [7, 11) is 4.43. The molecule has 0 bridgehead atoms. The van der Waals surface area contributed by atoms with Crippen LogP contribution in [-0.2, 0) is 0 Å². The number of rotatable bonds is 5. The van der Waals surface area contributed by atoms with Crippen LogP contribution in [0.5, 0.6) is 11.5 Å². The standard InChI is InChI=1S/C16H18N2O5/c1-9-11(5-6-23-9)16(20)18-12-7-10(15(19)17-2)8-13(21-3)14(12)22-4/h5-8H,1-4H3,(H,17,19)(H,18,20). The molecule has 23 heavy (non-hydrogen) atoms. The third-order valence-electron chi connectivity index (χ3n) is 3.32. The molecule has 0 radical (unpaired) electrons. The molecule has 2 amide bonds. The molecular weight excluding hydrogens is 300 g/mol. The zero-order chi connectivity index (χ0) is 17.0. The summed E-state index contributed by atoms with van der Waals surface area (Å²) in [6.45, 7) is 1.69. The minimum Gasteiger partial charge on any atom is -0.493 e. The predicted molar refractivity (Wildman–Crippen MR) is 84.3 cm³/mol. The van der Waals surface area contributed by atoms with E-state index in [0.29, 0.717) is 34.1 Å². The zero-order valence-corrected chi connectivity index (χ0v) is 13.4. The van der Waals surface area contributed by atoms with Crippen molar-refractivity contribution in [1.29, 1.82) is 0 Å². The first-order valence-corrected chi connectivity index (χ1v) is 6.85. The van der Waals surface area contributed by atoms with Gasteiger partial charge in [0.1, 0.15) is 5.76 Å². The first-order valence-electron chi connectivity index (χ1n) is 6.85. The molecule has 2 rings (SSSR count). The van der Waals surface area contributed by atoms with Gasteiger partial charge in [0.15, 0.2) is 11.5 Å². The van der Waals surface area contributed by atoms with Crippen LogP contribution in [0.1, 0.15) is 26.5 Å². The van der Waals surface area contributed by atoms with Gasteiger partial charge in [-0.2, -0.15) is 0 Å². The molecule has 2 N–H and O–H groups in total. The van der Waals surface area contributed by atoms with Crippen molar-refractivity contribution in [3.05, 3.63) is 41.3 Å². The Bertz CT molecular complexity index is 736. The van der Waals surface area contributed by atoms with E-state index in [1.54, 1.807) is 13.0 Å². The van der Waals surface area contributed by atoms with Crippen LogP contribution in [0.15, 0.2) is 28.9 Å². The number of carbonyl (C=O) groups excluding carboxylic acids is 2. The summed E-state index contributed by atoms with van der Waals surface area (Å²) < 4.78 is 15.6. The molecule has 1 heterocycles. The van der Waals surface area contributed by atoms with E-state index in [0.717, 1.165) is 0 Å². The van der Waals surface area contributed by atoms with E-state index >= 15 is 0 Å². The number of anilines is 1. The molecule has 122 valence electrons. The monoisotopic (exact) mass is 318 g/mol. The van der Waals surface area contributed by atoms with Gasteiger partial charge in [0.2, 0.25) is 0 Å². The lowest BCUT2D eigenvalue weighted by Crippen LogP contribution is -2.19. The van der Waals surface area contributed by atoms with E-state index in [-0.39, 0.29) is 11.8 Å². The van der Waals surface area contributed by atoms with Gasteiger partial charge in [0.25, 0.3) is 11.8 Å². The van der Waals surface area contributed by atoms with Gasteiger partial charge in [-0.1, -0.05) is 0 Å². The Balaban J connectivity index is 2.45. The molecule has 0 saturated carbocycles. The quantitative estimate of drug-likeness (QED) is 0.882. The molecule has 2 aromatic rings. The van der Waals surface area contributed by atoms with Crippen molar-refractivity contribution in [1.82, 2.24) is 5.32 Å². The molecule has 1 aromatic carbocycles. The van der Waals surface area contributed by atoms with E-state index in [1.165, 1.54) is 39.7 Å². The van der Waals surface area contributed by atoms with Crippen LogP contribution in [0.25, 0.3) is 0 Å². The van der Waals surface area contributed by atoms with Gasteiger partial charge in [-0.25, -0.2) is 0 Å². The van der Waals surface area contributed by atoms with Crippen molar-refractivity contribution in [2.24, 2.45) is 0 Å². The van der Waals surface area contributed by atoms with Crippen molar-refractivity contribution in [2.45, 2.75) is 6.92 Å². The lowest BCUT2D eigenvalue weighted by molar-refractivity contribution is 0.0961. The molecule has 0 aliphatic carbocycles. The number of methoxy groups -OCH3 is 2. The molecule has 0 atom stereocenters. The van der Waals surface area contributed by atoms with E-state index in [2.05, 4.69) is 10.6 Å². The van der Waals surface area contributed by atoms with Crippen molar-refractivity contribution >= 4 is 17.5 Å². The molecule has 0 fully saturated rings. The highest BCUT2D eigenvalue weighted by atomic mass is 16.5. The first-order chi connectivity index (χ1) is 11.0. The van der Waals surface area contributed by atoms with Gasteiger partial charge < -0.3 is 24.5 Å². The molecular formula is C16H18N2O5. The maximum atomic E-state index is 12.3. The Hall–Kier alpha value is -2.96. The van der Waals surface area contributed by atoms with Gasteiger partial charge in [-0.15, -0.1) is 0 Å². The number of aryl methyl sites for hydroxylation is 1. The van der Waals surface area contributed by atoms with Crippen LogP contribution in [0.2, 0.25) is 0 Å². The van der Waals surface area contributed by atoms with Crippen LogP contribution in [0.4, 0.5) is 5.69 Å². The summed E-state index contributed by atoms with van der Waals surface area (Å²) in [6, 6.07) is 4.63. The smallest absolute Gasteiger partial charge is 0.259 e. The predicted octanol–water partition coefficient (Wildman–Crippen LogP) is 2.22. The SMILES string of the molecule is CNC(=O)c1cc(NC(=O)c2ccoc2C)c(OC)c(OC)c1. The van der Waals surface area contributed by atoms with E-state index in [1.807, 2.05) is 0 Å². The van der Waals surface area contributed by atoms with E-state index in [4.69, 9.17) is 13.9 Å². The average molecular weight is 318 g/mol. The molecule has 0 aliphatic heterocycles. The first kappa shape index (κ1) is 16.4. The summed E-state index contributed by atoms with van der Waals surface area (Å²) in [5.41, 5.74) is 1.07. The lowest BCUT2D eigenvalue weighted by Gasteiger charge is -2.15. The van der Waals surface area contributed by atoms with Crippen molar-refractivity contribution < 1.29 is 23.5 Å². The Kier molecular flexibility index (Phi) is 4.90. The Labute approximate surface area is 133 Å². The van der Waals surface area contributed by atoms with Crippen LogP contribution in [0, 0.1) is 6.92 Å². The van der Waals surface area contributed by atoms with Gasteiger partial charge in [0, 0.05) is 12.6 Å². The number of furan rings is 1. The number of amides is 2. The Morgan fingerprint density at radius 2 is 1.87 bits per heavy atom. The number of hydrogen-bond acceptors (Lipinski definition) is 5. The lowest BCUT2D eigenvalue weighted by atomic mass is 10.1. The van der Waals surface area contributed by atoms with E-state index in [9.17, 15) is 9.59 Å². The second kappa shape index (κ2) is 6.87. The summed E-state index contributed by atoms with van der Waals surface area (Å²) in [5.74, 6) is 0.491. The highest BCUT2D eigenvalue weighted by Gasteiger charge is 2.19. The maximum absolute atomic E-state index is 12.3. The third-order valence-corrected chi connectivity index (χ3v) is 3.32. The van der Waals surface area contributed by atoms with Gasteiger partial charge >= 0.3 is 0 Å². The minimum absolute atomic E-state index is 0.305. The Morgan fingerprint density at radius 3 is 2.39 bits per heavy atom. The number of ether oxygens (including phenoxy) is 2. The molecule has 0 spiro atoms. The highest BCUT2D eigenvalue weighted by Crippen LogP contribution is 2.37. The van der Waals surface area contributed by atoms with Gasteiger partial charge in [-0.05, 0) is 25.1 Å². The fourth-order valence-corrected chi connectivity index (χ4v) is 2.14. The van der Waals surface area contributed by atoms with Crippen molar-refractivity contribution in [3.63, 3.8) is 0 Å². The maximum Gasteiger partial charge on any atom is 0.259 e. The second-order valence-corrected chi connectivity index (χ2v) is 4.68. The Morgan fingerprint density at radius 1 is 1.13 bits per heavy atom. The fourth-order valence-electron chi connectivity index (χ4n) is 2.14. The largest absolute Gasteiger partial charge is 0.493 e. The third kappa shape index (κ3) is 3.28. The number of nitrogens with one attached hydrogen (secondary N) is 2. The molecule has 7 heteroatoms. The summed E-state index contributed by atoms with van der Waals surface area (Å²) in [5, 5.41) is 5.24. The normalized spacial score (nSPS) is 10.1.